The Hall–Kier alpha value is -3.02. The van der Waals surface area contributed by atoms with Gasteiger partial charge in [-0.15, -0.1) is 0 Å². The van der Waals surface area contributed by atoms with Gasteiger partial charge in [0.05, 0.1) is 30.3 Å². The van der Waals surface area contributed by atoms with Crippen molar-refractivity contribution in [1.29, 1.82) is 0 Å². The van der Waals surface area contributed by atoms with Gasteiger partial charge in [0.15, 0.2) is 0 Å². The Morgan fingerprint density at radius 2 is 1.91 bits per heavy atom. The zero-order chi connectivity index (χ0) is 15.5. The molecule has 0 aliphatic heterocycles. The van der Waals surface area contributed by atoms with E-state index < -0.39 is 0 Å². The predicted molar refractivity (Wildman–Crippen MR) is 84.2 cm³/mol. The van der Waals surface area contributed by atoms with Crippen LogP contribution in [0.3, 0.4) is 0 Å². The Labute approximate surface area is 126 Å². The molecule has 1 heterocycles. The molecule has 0 radical (unpaired) electrons. The second-order valence-electron chi connectivity index (χ2n) is 4.88. The number of amides is 1. The fraction of sp³-hybridized carbons (Fsp3) is 0.125. The number of nitrogens with one attached hydrogen (secondary N) is 3. The molecule has 0 aliphatic rings. The minimum atomic E-state index is -0.259. The van der Waals surface area contributed by atoms with E-state index in [9.17, 15) is 9.59 Å². The lowest BCUT2D eigenvalue weighted by atomic mass is 10.1. The number of anilines is 1. The highest BCUT2D eigenvalue weighted by molar-refractivity contribution is 5.94. The number of ether oxygens (including phenoxy) is 1. The molecule has 3 N–H and O–H groups in total. The molecule has 1 amide bonds. The number of benzene rings is 2. The van der Waals surface area contributed by atoms with E-state index in [1.807, 2.05) is 18.2 Å². The van der Waals surface area contributed by atoms with Gasteiger partial charge in [-0.1, -0.05) is 18.2 Å². The Kier molecular flexibility index (Phi) is 3.65. The van der Waals surface area contributed by atoms with Crippen molar-refractivity contribution < 1.29 is 9.53 Å². The van der Waals surface area contributed by atoms with Gasteiger partial charge in [0, 0.05) is 0 Å². The van der Waals surface area contributed by atoms with Gasteiger partial charge in [-0.3, -0.25) is 4.79 Å². The number of hydrogen-bond acceptors (Lipinski definition) is 3. The minimum absolute atomic E-state index is 0.151. The third kappa shape index (κ3) is 2.85. The number of aromatic amines is 2. The molecule has 0 aliphatic carbocycles. The maximum absolute atomic E-state index is 12.1. The summed E-state index contributed by atoms with van der Waals surface area (Å²) in [6, 6.07) is 12.6. The maximum Gasteiger partial charge on any atom is 0.323 e. The number of H-pyrrole nitrogens is 2. The Balaban J connectivity index is 1.76. The summed E-state index contributed by atoms with van der Waals surface area (Å²) in [5.74, 6) is 0.461. The summed E-state index contributed by atoms with van der Waals surface area (Å²) < 4.78 is 5.20. The summed E-state index contributed by atoms with van der Waals surface area (Å²) in [6.07, 6.45) is 0.210. The second-order valence-corrected chi connectivity index (χ2v) is 4.88. The zero-order valence-corrected chi connectivity index (χ0v) is 12.0. The average molecular weight is 297 g/mol. The molecule has 0 fully saturated rings. The summed E-state index contributed by atoms with van der Waals surface area (Å²) in [6.45, 7) is 0. The normalized spacial score (nSPS) is 10.6. The lowest BCUT2D eigenvalue weighted by Gasteiger charge is -2.09. The molecule has 1 aromatic heterocycles. The fourth-order valence-electron chi connectivity index (χ4n) is 2.32. The molecular formula is C16H15N3O3. The number of rotatable bonds is 4. The van der Waals surface area contributed by atoms with Crippen molar-refractivity contribution >= 4 is 22.6 Å². The summed E-state index contributed by atoms with van der Waals surface area (Å²) in [7, 11) is 1.56. The molecular weight excluding hydrogens is 282 g/mol. The molecule has 2 aromatic carbocycles. The van der Waals surface area contributed by atoms with E-state index in [0.29, 0.717) is 17.0 Å². The SMILES string of the molecule is COc1ccccc1NC(=O)Cc1ccc2[nH]c(=O)[nH]c2c1. The topological polar surface area (TPSA) is 87.0 Å². The number of fused-ring (bicyclic) bond motifs is 1. The van der Waals surface area contributed by atoms with Gasteiger partial charge in [-0.05, 0) is 29.8 Å². The highest BCUT2D eigenvalue weighted by Crippen LogP contribution is 2.23. The van der Waals surface area contributed by atoms with Crippen LogP contribution in [-0.2, 0) is 11.2 Å². The van der Waals surface area contributed by atoms with Crippen LogP contribution >= 0.6 is 0 Å². The van der Waals surface area contributed by atoms with Gasteiger partial charge in [0.1, 0.15) is 5.75 Å². The highest BCUT2D eigenvalue weighted by Gasteiger charge is 2.09. The van der Waals surface area contributed by atoms with Crippen molar-refractivity contribution in [2.24, 2.45) is 0 Å². The van der Waals surface area contributed by atoms with Gasteiger partial charge < -0.3 is 20.0 Å². The maximum atomic E-state index is 12.1. The Bertz CT molecular complexity index is 879. The standard InChI is InChI=1S/C16H15N3O3/c1-22-14-5-3-2-4-12(14)17-15(20)9-10-6-7-11-13(8-10)19-16(21)18-11/h2-8H,9H2,1H3,(H,17,20)(H2,18,19,21). The Morgan fingerprint density at radius 3 is 2.73 bits per heavy atom. The van der Waals surface area contributed by atoms with Crippen LogP contribution in [0.4, 0.5) is 5.69 Å². The van der Waals surface area contributed by atoms with E-state index in [1.165, 1.54) is 0 Å². The molecule has 3 aromatic rings. The zero-order valence-electron chi connectivity index (χ0n) is 12.0. The van der Waals surface area contributed by atoms with E-state index in [-0.39, 0.29) is 18.0 Å². The molecule has 22 heavy (non-hydrogen) atoms. The second kappa shape index (κ2) is 5.77. The fourth-order valence-corrected chi connectivity index (χ4v) is 2.32. The molecule has 112 valence electrons. The summed E-state index contributed by atoms with van der Waals surface area (Å²) >= 11 is 0. The Morgan fingerprint density at radius 1 is 1.14 bits per heavy atom. The number of carbonyl (C=O) groups is 1. The number of methoxy groups -OCH3 is 1. The molecule has 6 heteroatoms. The van der Waals surface area contributed by atoms with Crippen LogP contribution in [0.1, 0.15) is 5.56 Å². The van der Waals surface area contributed by atoms with Gasteiger partial charge in [0.25, 0.3) is 0 Å². The molecule has 0 saturated carbocycles. The molecule has 0 bridgehead atoms. The van der Waals surface area contributed by atoms with Gasteiger partial charge in [-0.2, -0.15) is 0 Å². The van der Waals surface area contributed by atoms with Crippen molar-refractivity contribution in [3.8, 4) is 5.75 Å². The summed E-state index contributed by atoms with van der Waals surface area (Å²) in [5, 5.41) is 2.82. The molecule has 6 nitrogen and oxygen atoms in total. The quantitative estimate of drug-likeness (QED) is 0.688. The predicted octanol–water partition coefficient (Wildman–Crippen LogP) is 2.05. The molecule has 0 unspecified atom stereocenters. The first kappa shape index (κ1) is 13.9. The van der Waals surface area contributed by atoms with Crippen LogP contribution in [0, 0.1) is 0 Å². The molecule has 3 rings (SSSR count). The van der Waals surface area contributed by atoms with Crippen molar-refractivity contribution in [3.63, 3.8) is 0 Å². The van der Waals surface area contributed by atoms with Crippen LogP contribution in [0.2, 0.25) is 0 Å². The monoisotopic (exact) mass is 297 g/mol. The smallest absolute Gasteiger partial charge is 0.323 e. The number of imidazole rings is 1. The van der Waals surface area contributed by atoms with E-state index in [1.54, 1.807) is 31.4 Å². The third-order valence-corrected chi connectivity index (χ3v) is 3.33. The first-order chi connectivity index (χ1) is 10.7. The lowest BCUT2D eigenvalue weighted by Crippen LogP contribution is -2.14. The van der Waals surface area contributed by atoms with Crippen LogP contribution in [0.5, 0.6) is 5.75 Å². The molecule has 0 spiro atoms. The van der Waals surface area contributed by atoms with Gasteiger partial charge >= 0.3 is 5.69 Å². The van der Waals surface area contributed by atoms with Crippen LogP contribution in [-0.4, -0.2) is 23.0 Å². The van der Waals surface area contributed by atoms with Crippen LogP contribution in [0.25, 0.3) is 11.0 Å². The number of carbonyl (C=O) groups excluding carboxylic acids is 1. The lowest BCUT2D eigenvalue weighted by molar-refractivity contribution is -0.115. The molecule has 0 atom stereocenters. The van der Waals surface area contributed by atoms with E-state index in [4.69, 9.17) is 4.74 Å². The number of hydrogen-bond donors (Lipinski definition) is 3. The van der Waals surface area contributed by atoms with Crippen molar-refractivity contribution in [2.75, 3.05) is 12.4 Å². The largest absolute Gasteiger partial charge is 0.495 e. The van der Waals surface area contributed by atoms with Crippen molar-refractivity contribution in [1.82, 2.24) is 9.97 Å². The van der Waals surface area contributed by atoms with E-state index >= 15 is 0 Å². The van der Waals surface area contributed by atoms with Crippen LogP contribution < -0.4 is 15.7 Å². The summed E-state index contributed by atoms with van der Waals surface area (Å²) in [5.41, 5.74) is 2.60. The highest BCUT2D eigenvalue weighted by atomic mass is 16.5. The summed E-state index contributed by atoms with van der Waals surface area (Å²) in [4.78, 5) is 28.7. The van der Waals surface area contributed by atoms with Gasteiger partial charge in [0.2, 0.25) is 5.91 Å². The van der Waals surface area contributed by atoms with Crippen molar-refractivity contribution in [3.05, 3.63) is 58.5 Å². The average Bonchev–Trinajstić information content (AvgIpc) is 2.87. The first-order valence-corrected chi connectivity index (χ1v) is 6.79. The van der Waals surface area contributed by atoms with E-state index in [0.717, 1.165) is 11.1 Å². The third-order valence-electron chi connectivity index (χ3n) is 3.33. The first-order valence-electron chi connectivity index (χ1n) is 6.79. The number of para-hydroxylation sites is 2. The van der Waals surface area contributed by atoms with Crippen LogP contribution in [0.15, 0.2) is 47.3 Å². The minimum Gasteiger partial charge on any atom is -0.495 e. The molecule has 0 saturated heterocycles. The van der Waals surface area contributed by atoms with Crippen molar-refractivity contribution in [2.45, 2.75) is 6.42 Å². The number of aromatic nitrogens is 2. The van der Waals surface area contributed by atoms with E-state index in [2.05, 4.69) is 15.3 Å². The van der Waals surface area contributed by atoms with Gasteiger partial charge in [-0.25, -0.2) is 4.79 Å².